The molecule has 0 saturated heterocycles. The van der Waals surface area contributed by atoms with Gasteiger partial charge in [0, 0.05) is 24.8 Å². The molecule has 0 aromatic heterocycles. The fraction of sp³-hybridized carbons (Fsp3) is 0.500. The van der Waals surface area contributed by atoms with Crippen molar-refractivity contribution in [2.24, 2.45) is 0 Å². The van der Waals surface area contributed by atoms with E-state index in [4.69, 9.17) is 5.73 Å². The van der Waals surface area contributed by atoms with E-state index in [-0.39, 0.29) is 5.97 Å². The molecule has 1 aliphatic rings. The summed E-state index contributed by atoms with van der Waals surface area (Å²) in [6, 6.07) is 8.50. The number of anilines is 1. The molecule has 1 aliphatic carbocycles. The van der Waals surface area contributed by atoms with Gasteiger partial charge in [-0.1, -0.05) is 18.2 Å². The molecule has 18 heavy (non-hydrogen) atoms. The fourth-order valence-corrected chi connectivity index (χ4v) is 2.06. The molecular weight excluding hydrogens is 228 g/mol. The van der Waals surface area contributed by atoms with Gasteiger partial charge in [-0.15, -0.1) is 0 Å². The molecule has 1 aromatic rings. The van der Waals surface area contributed by atoms with E-state index in [0.29, 0.717) is 12.5 Å². The number of ether oxygens (including phenoxy) is 1. The SMILES string of the molecule is COC(=O)CCN(Cc1ccccc1N)C1CC1. The van der Waals surface area contributed by atoms with Gasteiger partial charge in [-0.3, -0.25) is 9.69 Å². The van der Waals surface area contributed by atoms with Crippen molar-refractivity contribution in [3.8, 4) is 0 Å². The third-order valence-electron chi connectivity index (χ3n) is 3.32. The summed E-state index contributed by atoms with van der Waals surface area (Å²) in [5, 5.41) is 0. The highest BCUT2D eigenvalue weighted by Crippen LogP contribution is 2.29. The number of hydrogen-bond acceptors (Lipinski definition) is 4. The second kappa shape index (κ2) is 5.87. The van der Waals surface area contributed by atoms with E-state index < -0.39 is 0 Å². The first-order chi connectivity index (χ1) is 8.70. The van der Waals surface area contributed by atoms with Crippen molar-refractivity contribution in [1.29, 1.82) is 0 Å². The minimum Gasteiger partial charge on any atom is -0.469 e. The van der Waals surface area contributed by atoms with E-state index in [2.05, 4.69) is 9.64 Å². The van der Waals surface area contributed by atoms with Crippen LogP contribution in [0.1, 0.15) is 24.8 Å². The van der Waals surface area contributed by atoms with Gasteiger partial charge in [0.2, 0.25) is 0 Å². The highest BCUT2D eigenvalue weighted by molar-refractivity contribution is 5.69. The highest BCUT2D eigenvalue weighted by atomic mass is 16.5. The summed E-state index contributed by atoms with van der Waals surface area (Å²) in [7, 11) is 1.43. The summed E-state index contributed by atoms with van der Waals surface area (Å²) >= 11 is 0. The average molecular weight is 248 g/mol. The first kappa shape index (κ1) is 12.9. The number of esters is 1. The van der Waals surface area contributed by atoms with Gasteiger partial charge in [0.05, 0.1) is 13.5 Å². The largest absolute Gasteiger partial charge is 0.469 e. The molecule has 0 atom stereocenters. The van der Waals surface area contributed by atoms with Crippen LogP contribution in [0.3, 0.4) is 0 Å². The molecule has 0 spiro atoms. The van der Waals surface area contributed by atoms with Crippen molar-refractivity contribution in [2.75, 3.05) is 19.4 Å². The summed E-state index contributed by atoms with van der Waals surface area (Å²) in [4.78, 5) is 13.5. The van der Waals surface area contributed by atoms with Gasteiger partial charge in [-0.2, -0.15) is 0 Å². The zero-order valence-corrected chi connectivity index (χ0v) is 10.8. The topological polar surface area (TPSA) is 55.6 Å². The number of rotatable bonds is 6. The Morgan fingerprint density at radius 3 is 2.78 bits per heavy atom. The van der Waals surface area contributed by atoms with Crippen molar-refractivity contribution in [1.82, 2.24) is 4.90 Å². The minimum atomic E-state index is -0.151. The summed E-state index contributed by atoms with van der Waals surface area (Å²) in [5.74, 6) is -0.151. The van der Waals surface area contributed by atoms with Crippen molar-refractivity contribution < 1.29 is 9.53 Å². The fourth-order valence-electron chi connectivity index (χ4n) is 2.06. The Balaban J connectivity index is 1.94. The Labute approximate surface area is 108 Å². The van der Waals surface area contributed by atoms with Crippen LogP contribution in [0.4, 0.5) is 5.69 Å². The number of carbonyl (C=O) groups excluding carboxylic acids is 1. The molecule has 0 radical (unpaired) electrons. The van der Waals surface area contributed by atoms with E-state index >= 15 is 0 Å². The number of hydrogen-bond donors (Lipinski definition) is 1. The van der Waals surface area contributed by atoms with Crippen LogP contribution in [0.5, 0.6) is 0 Å². The number of para-hydroxylation sites is 1. The molecule has 0 amide bonds. The summed E-state index contributed by atoms with van der Waals surface area (Å²) < 4.78 is 4.68. The number of nitrogens with zero attached hydrogens (tertiary/aromatic N) is 1. The molecule has 2 rings (SSSR count). The van der Waals surface area contributed by atoms with Crippen LogP contribution >= 0.6 is 0 Å². The standard InChI is InChI=1S/C14H20N2O2/c1-18-14(17)8-9-16(12-6-7-12)10-11-4-2-3-5-13(11)15/h2-5,12H,6-10,15H2,1H3. The third kappa shape index (κ3) is 3.47. The zero-order valence-electron chi connectivity index (χ0n) is 10.8. The molecule has 4 heteroatoms. The molecule has 0 unspecified atom stereocenters. The third-order valence-corrected chi connectivity index (χ3v) is 3.32. The van der Waals surface area contributed by atoms with Crippen molar-refractivity contribution >= 4 is 11.7 Å². The molecule has 98 valence electrons. The van der Waals surface area contributed by atoms with Crippen LogP contribution in [-0.2, 0) is 16.1 Å². The molecule has 1 aromatic carbocycles. The van der Waals surface area contributed by atoms with Gasteiger partial charge in [-0.25, -0.2) is 0 Å². The quantitative estimate of drug-likeness (QED) is 0.616. The van der Waals surface area contributed by atoms with Gasteiger partial charge in [-0.05, 0) is 24.5 Å². The molecule has 2 N–H and O–H groups in total. The van der Waals surface area contributed by atoms with Crippen LogP contribution in [0.2, 0.25) is 0 Å². The number of nitrogen functional groups attached to an aromatic ring is 1. The van der Waals surface area contributed by atoms with Crippen molar-refractivity contribution in [3.63, 3.8) is 0 Å². The van der Waals surface area contributed by atoms with Gasteiger partial charge in [0.1, 0.15) is 0 Å². The van der Waals surface area contributed by atoms with Crippen LogP contribution in [0.15, 0.2) is 24.3 Å². The van der Waals surface area contributed by atoms with Gasteiger partial charge in [0.15, 0.2) is 0 Å². The lowest BCUT2D eigenvalue weighted by atomic mass is 10.1. The Bertz CT molecular complexity index is 416. The van der Waals surface area contributed by atoms with Crippen molar-refractivity contribution in [3.05, 3.63) is 29.8 Å². The second-order valence-electron chi connectivity index (χ2n) is 4.73. The first-order valence-corrected chi connectivity index (χ1v) is 6.35. The number of methoxy groups -OCH3 is 1. The number of benzene rings is 1. The monoisotopic (exact) mass is 248 g/mol. The Morgan fingerprint density at radius 1 is 1.44 bits per heavy atom. The van der Waals surface area contributed by atoms with E-state index in [1.807, 2.05) is 24.3 Å². The summed E-state index contributed by atoms with van der Waals surface area (Å²) in [6.07, 6.45) is 2.88. The predicted molar refractivity (Wildman–Crippen MR) is 70.9 cm³/mol. The molecule has 1 fully saturated rings. The number of nitrogens with two attached hydrogens (primary N) is 1. The summed E-state index contributed by atoms with van der Waals surface area (Å²) in [5.41, 5.74) is 7.91. The highest BCUT2D eigenvalue weighted by Gasteiger charge is 2.29. The zero-order chi connectivity index (χ0) is 13.0. The normalized spacial score (nSPS) is 14.8. The second-order valence-corrected chi connectivity index (χ2v) is 4.73. The lowest BCUT2D eigenvalue weighted by Crippen LogP contribution is -2.28. The van der Waals surface area contributed by atoms with Gasteiger partial charge >= 0.3 is 5.97 Å². The van der Waals surface area contributed by atoms with E-state index in [1.54, 1.807) is 0 Å². The smallest absolute Gasteiger partial charge is 0.306 e. The lowest BCUT2D eigenvalue weighted by Gasteiger charge is -2.22. The maximum Gasteiger partial charge on any atom is 0.306 e. The lowest BCUT2D eigenvalue weighted by molar-refractivity contribution is -0.141. The molecule has 0 heterocycles. The molecular formula is C14H20N2O2. The molecule has 0 bridgehead atoms. The minimum absolute atomic E-state index is 0.151. The van der Waals surface area contributed by atoms with Crippen LogP contribution in [0.25, 0.3) is 0 Å². The molecule has 4 nitrogen and oxygen atoms in total. The van der Waals surface area contributed by atoms with Gasteiger partial charge < -0.3 is 10.5 Å². The summed E-state index contributed by atoms with van der Waals surface area (Å²) in [6.45, 7) is 1.56. The number of carbonyl (C=O) groups is 1. The Hall–Kier alpha value is -1.55. The predicted octanol–water partition coefficient (Wildman–Crippen LogP) is 1.80. The van der Waals surface area contributed by atoms with E-state index in [1.165, 1.54) is 20.0 Å². The Morgan fingerprint density at radius 2 is 2.17 bits per heavy atom. The van der Waals surface area contributed by atoms with Crippen LogP contribution in [0, 0.1) is 0 Å². The maximum atomic E-state index is 11.2. The van der Waals surface area contributed by atoms with Crippen LogP contribution in [-0.4, -0.2) is 30.6 Å². The van der Waals surface area contributed by atoms with Crippen molar-refractivity contribution in [2.45, 2.75) is 31.8 Å². The average Bonchev–Trinajstić information content (AvgIpc) is 3.20. The van der Waals surface area contributed by atoms with Crippen LogP contribution < -0.4 is 5.73 Å². The van der Waals surface area contributed by atoms with E-state index in [9.17, 15) is 4.79 Å². The molecule has 1 saturated carbocycles. The van der Waals surface area contributed by atoms with Gasteiger partial charge in [0.25, 0.3) is 0 Å². The Kier molecular flexibility index (Phi) is 4.20. The molecule has 0 aliphatic heterocycles. The first-order valence-electron chi connectivity index (χ1n) is 6.35. The maximum absolute atomic E-state index is 11.2. The van der Waals surface area contributed by atoms with E-state index in [0.717, 1.165) is 24.3 Å².